The minimum absolute atomic E-state index is 0.113. The second-order valence-corrected chi connectivity index (χ2v) is 5.96. The third-order valence-electron chi connectivity index (χ3n) is 5.54. The average Bonchev–Trinajstić information content (AvgIpc) is 2.48. The molecule has 3 nitrogen and oxygen atoms in total. The van der Waals surface area contributed by atoms with Crippen LogP contribution in [0.2, 0.25) is 0 Å². The molecule has 2 rings (SSSR count). The molecule has 2 aliphatic rings. The number of fused-ring (bicyclic) bond motifs is 2. The summed E-state index contributed by atoms with van der Waals surface area (Å²) in [5.74, 6) is 0.326. The number of carbonyl (C=O) groups excluding carboxylic acids is 1. The molecule has 3 heteroatoms. The van der Waals surface area contributed by atoms with E-state index in [-0.39, 0.29) is 16.8 Å². The molecule has 15 heavy (non-hydrogen) atoms. The van der Waals surface area contributed by atoms with E-state index in [1.165, 1.54) is 13.5 Å². The first-order chi connectivity index (χ1) is 6.79. The highest BCUT2D eigenvalue weighted by molar-refractivity contribution is 5.83. The molecule has 0 aromatic heterocycles. The molecule has 0 saturated heterocycles. The normalized spacial score (nSPS) is 46.9. The fourth-order valence-electron chi connectivity index (χ4n) is 3.86. The SMILES string of the molecule is COC(=O)[C@@]1(N)C[C@H]2CC[C@]1(C)C2(C)C. The van der Waals surface area contributed by atoms with Crippen LogP contribution in [0, 0.1) is 16.7 Å². The van der Waals surface area contributed by atoms with Crippen molar-refractivity contribution >= 4 is 5.97 Å². The predicted molar refractivity (Wildman–Crippen MR) is 58.2 cm³/mol. The lowest BCUT2D eigenvalue weighted by atomic mass is 9.63. The summed E-state index contributed by atoms with van der Waals surface area (Å²) in [4.78, 5) is 11.9. The molecular formula is C12H21NO2. The van der Waals surface area contributed by atoms with E-state index in [1.54, 1.807) is 0 Å². The van der Waals surface area contributed by atoms with Crippen LogP contribution in [0.1, 0.15) is 40.0 Å². The number of nitrogens with two attached hydrogens (primary N) is 1. The van der Waals surface area contributed by atoms with Crippen molar-refractivity contribution in [1.82, 2.24) is 0 Å². The highest BCUT2D eigenvalue weighted by Crippen LogP contribution is 2.68. The Kier molecular flexibility index (Phi) is 2.01. The van der Waals surface area contributed by atoms with Gasteiger partial charge in [-0.05, 0) is 30.6 Å². The van der Waals surface area contributed by atoms with Gasteiger partial charge in [-0.2, -0.15) is 0 Å². The number of carbonyl (C=O) groups is 1. The van der Waals surface area contributed by atoms with Gasteiger partial charge in [-0.25, -0.2) is 0 Å². The number of methoxy groups -OCH3 is 1. The molecular weight excluding hydrogens is 190 g/mol. The number of esters is 1. The van der Waals surface area contributed by atoms with Crippen LogP contribution < -0.4 is 5.73 Å². The van der Waals surface area contributed by atoms with Crippen LogP contribution in [-0.2, 0) is 9.53 Å². The minimum atomic E-state index is -0.770. The lowest BCUT2D eigenvalue weighted by molar-refractivity contribution is -0.153. The number of rotatable bonds is 1. The summed E-state index contributed by atoms with van der Waals surface area (Å²) in [6.07, 6.45) is 3.01. The Hall–Kier alpha value is -0.570. The molecule has 0 heterocycles. The summed E-state index contributed by atoms with van der Waals surface area (Å²) in [7, 11) is 1.43. The van der Waals surface area contributed by atoms with Crippen molar-refractivity contribution in [2.24, 2.45) is 22.5 Å². The Morgan fingerprint density at radius 3 is 2.33 bits per heavy atom. The molecule has 0 aliphatic heterocycles. The van der Waals surface area contributed by atoms with Crippen molar-refractivity contribution < 1.29 is 9.53 Å². The van der Waals surface area contributed by atoms with Crippen molar-refractivity contribution in [3.8, 4) is 0 Å². The Morgan fingerprint density at radius 1 is 1.40 bits per heavy atom. The molecule has 86 valence electrons. The molecule has 2 N–H and O–H groups in total. The average molecular weight is 211 g/mol. The maximum absolute atomic E-state index is 11.9. The molecule has 0 aromatic carbocycles. The van der Waals surface area contributed by atoms with Gasteiger partial charge in [-0.1, -0.05) is 20.8 Å². The van der Waals surface area contributed by atoms with Crippen LogP contribution in [0.3, 0.4) is 0 Å². The van der Waals surface area contributed by atoms with E-state index < -0.39 is 5.54 Å². The zero-order valence-corrected chi connectivity index (χ0v) is 10.1. The van der Waals surface area contributed by atoms with Crippen molar-refractivity contribution in [1.29, 1.82) is 0 Å². The molecule has 0 unspecified atom stereocenters. The summed E-state index contributed by atoms with van der Waals surface area (Å²) in [6.45, 7) is 6.63. The van der Waals surface area contributed by atoms with E-state index in [0.717, 1.165) is 12.8 Å². The van der Waals surface area contributed by atoms with Gasteiger partial charge in [0.1, 0.15) is 5.54 Å². The van der Waals surface area contributed by atoms with Crippen LogP contribution in [0.4, 0.5) is 0 Å². The fraction of sp³-hybridized carbons (Fsp3) is 0.917. The second-order valence-electron chi connectivity index (χ2n) is 5.96. The summed E-state index contributed by atoms with van der Waals surface area (Å²) in [5.41, 5.74) is 5.60. The first-order valence-electron chi connectivity index (χ1n) is 5.67. The molecule has 2 saturated carbocycles. The molecule has 2 aliphatic carbocycles. The summed E-state index contributed by atoms with van der Waals surface area (Å²) >= 11 is 0. The zero-order chi connectivity index (χ0) is 11.5. The van der Waals surface area contributed by atoms with Crippen LogP contribution in [0.15, 0.2) is 0 Å². The third-order valence-corrected chi connectivity index (χ3v) is 5.54. The molecule has 0 radical (unpaired) electrons. The van der Waals surface area contributed by atoms with Crippen LogP contribution in [-0.4, -0.2) is 18.6 Å². The van der Waals surface area contributed by atoms with Gasteiger partial charge < -0.3 is 10.5 Å². The van der Waals surface area contributed by atoms with E-state index in [2.05, 4.69) is 20.8 Å². The second kappa shape index (κ2) is 2.76. The van der Waals surface area contributed by atoms with Crippen molar-refractivity contribution in [2.75, 3.05) is 7.11 Å². The first kappa shape index (κ1) is 10.9. The lowest BCUT2D eigenvalue weighted by Gasteiger charge is -2.44. The molecule has 2 bridgehead atoms. The summed E-state index contributed by atoms with van der Waals surface area (Å²) in [6, 6.07) is 0. The number of hydrogen-bond acceptors (Lipinski definition) is 3. The molecule has 0 aromatic rings. The smallest absolute Gasteiger partial charge is 0.326 e. The van der Waals surface area contributed by atoms with Crippen molar-refractivity contribution in [3.63, 3.8) is 0 Å². The van der Waals surface area contributed by atoms with Gasteiger partial charge in [-0.15, -0.1) is 0 Å². The molecule has 0 spiro atoms. The molecule has 2 fully saturated rings. The van der Waals surface area contributed by atoms with Gasteiger partial charge >= 0.3 is 5.97 Å². The number of ether oxygens (including phenoxy) is 1. The Bertz CT molecular complexity index is 313. The van der Waals surface area contributed by atoms with E-state index in [9.17, 15) is 4.79 Å². The Morgan fingerprint density at radius 2 is 2.00 bits per heavy atom. The number of hydrogen-bond donors (Lipinski definition) is 1. The quantitative estimate of drug-likeness (QED) is 0.672. The maximum atomic E-state index is 11.9. The fourth-order valence-corrected chi connectivity index (χ4v) is 3.86. The van der Waals surface area contributed by atoms with Crippen LogP contribution >= 0.6 is 0 Å². The van der Waals surface area contributed by atoms with E-state index in [4.69, 9.17) is 10.5 Å². The van der Waals surface area contributed by atoms with Gasteiger partial charge in [0.2, 0.25) is 0 Å². The van der Waals surface area contributed by atoms with E-state index >= 15 is 0 Å². The van der Waals surface area contributed by atoms with Crippen LogP contribution in [0.5, 0.6) is 0 Å². The molecule has 3 atom stereocenters. The predicted octanol–water partition coefficient (Wildman–Crippen LogP) is 1.70. The van der Waals surface area contributed by atoms with E-state index in [1.807, 2.05) is 0 Å². The zero-order valence-electron chi connectivity index (χ0n) is 10.1. The van der Waals surface area contributed by atoms with Crippen molar-refractivity contribution in [2.45, 2.75) is 45.6 Å². The summed E-state index contributed by atoms with van der Waals surface area (Å²) in [5, 5.41) is 0. The maximum Gasteiger partial charge on any atom is 0.326 e. The van der Waals surface area contributed by atoms with Gasteiger partial charge in [0.25, 0.3) is 0 Å². The van der Waals surface area contributed by atoms with Crippen LogP contribution in [0.25, 0.3) is 0 Å². The highest BCUT2D eigenvalue weighted by Gasteiger charge is 2.70. The highest BCUT2D eigenvalue weighted by atomic mass is 16.5. The topological polar surface area (TPSA) is 52.3 Å². The van der Waals surface area contributed by atoms with Gasteiger partial charge in [0.05, 0.1) is 7.11 Å². The van der Waals surface area contributed by atoms with E-state index in [0.29, 0.717) is 5.92 Å². The lowest BCUT2D eigenvalue weighted by Crippen LogP contribution is -2.60. The Balaban J connectivity index is 2.45. The monoisotopic (exact) mass is 211 g/mol. The van der Waals surface area contributed by atoms with Gasteiger partial charge in [-0.3, -0.25) is 4.79 Å². The Labute approximate surface area is 91.4 Å². The standard InChI is InChI=1S/C12H21NO2/c1-10(2)8-5-6-11(10,3)12(13,7-8)9(14)15-4/h8H,5-7,13H2,1-4H3/t8-,11-,12+/m1/s1. The third kappa shape index (κ3) is 0.975. The van der Waals surface area contributed by atoms with Gasteiger partial charge in [0, 0.05) is 5.41 Å². The summed E-state index contributed by atoms with van der Waals surface area (Å²) < 4.78 is 4.88. The largest absolute Gasteiger partial charge is 0.468 e. The van der Waals surface area contributed by atoms with Crippen molar-refractivity contribution in [3.05, 3.63) is 0 Å². The molecule has 0 amide bonds. The van der Waals surface area contributed by atoms with Gasteiger partial charge in [0.15, 0.2) is 0 Å². The first-order valence-corrected chi connectivity index (χ1v) is 5.67. The minimum Gasteiger partial charge on any atom is -0.468 e.